The van der Waals surface area contributed by atoms with Gasteiger partial charge in [0.15, 0.2) is 0 Å². The van der Waals surface area contributed by atoms with Crippen LogP contribution in [-0.4, -0.2) is 34.1 Å². The van der Waals surface area contributed by atoms with E-state index in [1.165, 1.54) is 28.9 Å². The number of aryl methyl sites for hydroxylation is 3. The summed E-state index contributed by atoms with van der Waals surface area (Å²) in [6.07, 6.45) is 1.58. The number of nitrogens with zero attached hydrogens (tertiary/aromatic N) is 4. The number of hydrogen-bond donors (Lipinski definition) is 2. The number of halogens is 1. The normalized spacial score (nSPS) is 12.4. The molecular formula is C19H21ClN6O3S. The monoisotopic (exact) mass is 448 g/mol. The van der Waals surface area contributed by atoms with Gasteiger partial charge in [-0.05, 0) is 58.0 Å². The topological polar surface area (TPSA) is 119 Å². The molecule has 0 bridgehead atoms. The van der Waals surface area contributed by atoms with Crippen molar-refractivity contribution in [3.05, 3.63) is 58.6 Å². The van der Waals surface area contributed by atoms with Crippen LogP contribution in [0.25, 0.3) is 0 Å². The second-order valence-electron chi connectivity index (χ2n) is 6.81. The Labute approximate surface area is 179 Å². The third-order valence-corrected chi connectivity index (χ3v) is 5.99. The van der Waals surface area contributed by atoms with Crippen molar-refractivity contribution < 1.29 is 13.2 Å². The molecule has 0 spiro atoms. The van der Waals surface area contributed by atoms with E-state index in [1.54, 1.807) is 40.0 Å². The van der Waals surface area contributed by atoms with Crippen LogP contribution in [0.4, 0.5) is 11.6 Å². The Bertz CT molecular complexity index is 1150. The summed E-state index contributed by atoms with van der Waals surface area (Å²) in [6.45, 7) is 6.94. The van der Waals surface area contributed by atoms with Crippen LogP contribution in [0.3, 0.4) is 0 Å². The van der Waals surface area contributed by atoms with Crippen LogP contribution in [0.15, 0.2) is 41.4 Å². The van der Waals surface area contributed by atoms with E-state index in [0.29, 0.717) is 27.8 Å². The van der Waals surface area contributed by atoms with Crippen molar-refractivity contribution in [2.75, 3.05) is 10.0 Å². The highest BCUT2D eigenvalue weighted by Crippen LogP contribution is 2.20. The molecule has 0 aliphatic rings. The average molecular weight is 449 g/mol. The highest BCUT2D eigenvalue weighted by Gasteiger charge is 2.19. The van der Waals surface area contributed by atoms with Crippen molar-refractivity contribution in [3.8, 4) is 0 Å². The van der Waals surface area contributed by atoms with Gasteiger partial charge in [-0.1, -0.05) is 11.6 Å². The van der Waals surface area contributed by atoms with Gasteiger partial charge < -0.3 is 5.32 Å². The minimum Gasteiger partial charge on any atom is -0.324 e. The summed E-state index contributed by atoms with van der Waals surface area (Å²) in [6, 6.07) is 6.93. The molecule has 158 valence electrons. The van der Waals surface area contributed by atoms with Gasteiger partial charge in [0.1, 0.15) is 6.04 Å². The summed E-state index contributed by atoms with van der Waals surface area (Å²) in [5.74, 6) is -0.307. The Morgan fingerprint density at radius 3 is 2.23 bits per heavy atom. The first-order chi connectivity index (χ1) is 14.0. The van der Waals surface area contributed by atoms with Crippen molar-refractivity contribution in [2.24, 2.45) is 0 Å². The standard InChI is InChI=1S/C19H21ClN6O3S/c1-11-9-12(2)22-19(21-11)25-30(28,29)16-7-5-15(6-8-16)23-18(27)14(4)26-10-17(20)13(3)24-26/h5-10,14H,1-4H3,(H,23,27)(H,21,22,25). The molecule has 0 saturated carbocycles. The zero-order valence-corrected chi connectivity index (χ0v) is 18.4. The maximum absolute atomic E-state index is 12.6. The molecule has 2 aromatic heterocycles. The number of carbonyl (C=O) groups is 1. The highest BCUT2D eigenvalue weighted by molar-refractivity contribution is 7.92. The van der Waals surface area contributed by atoms with Crippen molar-refractivity contribution >= 4 is 39.2 Å². The quantitative estimate of drug-likeness (QED) is 0.597. The van der Waals surface area contributed by atoms with Gasteiger partial charge in [-0.15, -0.1) is 0 Å². The molecule has 0 aliphatic carbocycles. The molecule has 0 saturated heterocycles. The second-order valence-corrected chi connectivity index (χ2v) is 8.90. The Morgan fingerprint density at radius 1 is 1.10 bits per heavy atom. The molecule has 11 heteroatoms. The fraction of sp³-hybridized carbons (Fsp3) is 0.263. The lowest BCUT2D eigenvalue weighted by Gasteiger charge is -2.13. The van der Waals surface area contributed by atoms with E-state index in [4.69, 9.17) is 11.6 Å². The summed E-state index contributed by atoms with van der Waals surface area (Å²) < 4.78 is 29.0. The predicted molar refractivity (Wildman–Crippen MR) is 114 cm³/mol. The van der Waals surface area contributed by atoms with Crippen LogP contribution < -0.4 is 10.0 Å². The maximum Gasteiger partial charge on any atom is 0.264 e. The molecule has 0 fully saturated rings. The number of rotatable bonds is 6. The van der Waals surface area contributed by atoms with Crippen LogP contribution in [0, 0.1) is 20.8 Å². The van der Waals surface area contributed by atoms with Gasteiger partial charge in [-0.2, -0.15) is 5.10 Å². The van der Waals surface area contributed by atoms with E-state index < -0.39 is 16.1 Å². The first-order valence-electron chi connectivity index (χ1n) is 9.02. The van der Waals surface area contributed by atoms with Crippen LogP contribution in [0.5, 0.6) is 0 Å². The van der Waals surface area contributed by atoms with E-state index in [9.17, 15) is 13.2 Å². The van der Waals surface area contributed by atoms with Crippen LogP contribution >= 0.6 is 11.6 Å². The summed E-state index contributed by atoms with van der Waals surface area (Å²) in [5, 5.41) is 7.40. The zero-order chi connectivity index (χ0) is 22.1. The molecule has 3 rings (SSSR count). The van der Waals surface area contributed by atoms with E-state index in [2.05, 4.69) is 25.1 Å². The number of aromatic nitrogens is 4. The summed E-state index contributed by atoms with van der Waals surface area (Å²) >= 11 is 5.99. The highest BCUT2D eigenvalue weighted by atomic mass is 35.5. The molecule has 9 nitrogen and oxygen atoms in total. The van der Waals surface area contributed by atoms with Crippen molar-refractivity contribution in [3.63, 3.8) is 0 Å². The number of carbonyl (C=O) groups excluding carboxylic acids is 1. The van der Waals surface area contributed by atoms with Gasteiger partial charge in [0, 0.05) is 23.3 Å². The summed E-state index contributed by atoms with van der Waals surface area (Å²) in [7, 11) is -3.87. The lowest BCUT2D eigenvalue weighted by Crippen LogP contribution is -2.24. The smallest absolute Gasteiger partial charge is 0.264 e. The molecule has 1 amide bonds. The molecule has 2 heterocycles. The number of sulfonamides is 1. The zero-order valence-electron chi connectivity index (χ0n) is 16.8. The van der Waals surface area contributed by atoms with Crippen molar-refractivity contribution in [1.29, 1.82) is 0 Å². The lowest BCUT2D eigenvalue weighted by atomic mass is 10.2. The van der Waals surface area contributed by atoms with Crippen LogP contribution in [0.2, 0.25) is 5.02 Å². The fourth-order valence-corrected chi connectivity index (χ4v) is 3.77. The molecule has 3 aromatic rings. The van der Waals surface area contributed by atoms with E-state index in [0.717, 1.165) is 0 Å². The van der Waals surface area contributed by atoms with Gasteiger partial charge in [0.05, 0.1) is 15.6 Å². The molecule has 1 unspecified atom stereocenters. The van der Waals surface area contributed by atoms with Gasteiger partial charge >= 0.3 is 0 Å². The van der Waals surface area contributed by atoms with Gasteiger partial charge in [-0.3, -0.25) is 9.48 Å². The Balaban J connectivity index is 1.71. The van der Waals surface area contributed by atoms with Gasteiger partial charge in [0.2, 0.25) is 11.9 Å². The Morgan fingerprint density at radius 2 is 1.70 bits per heavy atom. The fourth-order valence-electron chi connectivity index (χ4n) is 2.69. The molecule has 0 aliphatic heterocycles. The number of hydrogen-bond acceptors (Lipinski definition) is 6. The third-order valence-electron chi connectivity index (χ3n) is 4.27. The molecule has 30 heavy (non-hydrogen) atoms. The molecule has 1 aromatic carbocycles. The first-order valence-corrected chi connectivity index (χ1v) is 10.9. The summed E-state index contributed by atoms with van der Waals surface area (Å²) in [4.78, 5) is 20.6. The second kappa shape index (κ2) is 8.41. The number of anilines is 2. The number of nitrogens with one attached hydrogen (secondary N) is 2. The maximum atomic E-state index is 12.6. The number of benzene rings is 1. The SMILES string of the molecule is Cc1cc(C)nc(NS(=O)(=O)c2ccc(NC(=O)C(C)n3cc(Cl)c(C)n3)cc2)n1. The third kappa shape index (κ3) is 4.95. The van der Waals surface area contributed by atoms with E-state index in [1.807, 2.05) is 0 Å². The Hall–Kier alpha value is -2.98. The Kier molecular flexibility index (Phi) is 6.09. The summed E-state index contributed by atoms with van der Waals surface area (Å²) in [5.41, 5.74) is 2.39. The van der Waals surface area contributed by atoms with E-state index in [-0.39, 0.29) is 16.8 Å². The largest absolute Gasteiger partial charge is 0.324 e. The minimum atomic E-state index is -3.87. The molecule has 2 N–H and O–H groups in total. The average Bonchev–Trinajstić information content (AvgIpc) is 2.99. The first kappa shape index (κ1) is 21.7. The van der Waals surface area contributed by atoms with Crippen molar-refractivity contribution in [1.82, 2.24) is 19.7 Å². The molecule has 1 atom stereocenters. The number of amides is 1. The van der Waals surface area contributed by atoms with Gasteiger partial charge in [0.25, 0.3) is 10.0 Å². The van der Waals surface area contributed by atoms with Crippen LogP contribution in [0.1, 0.15) is 30.0 Å². The van der Waals surface area contributed by atoms with Crippen LogP contribution in [-0.2, 0) is 14.8 Å². The minimum absolute atomic E-state index is 0.00637. The predicted octanol–water partition coefficient (Wildman–Crippen LogP) is 3.25. The van der Waals surface area contributed by atoms with Crippen molar-refractivity contribution in [2.45, 2.75) is 38.6 Å². The van der Waals surface area contributed by atoms with E-state index >= 15 is 0 Å². The lowest BCUT2D eigenvalue weighted by molar-refractivity contribution is -0.119. The molecule has 0 radical (unpaired) electrons. The van der Waals surface area contributed by atoms with Gasteiger partial charge in [-0.25, -0.2) is 23.1 Å². The molecular weight excluding hydrogens is 428 g/mol.